The van der Waals surface area contributed by atoms with E-state index in [9.17, 15) is 39.6 Å². The number of aliphatic hydroxyl groups excluding tert-OH is 2. The van der Waals surface area contributed by atoms with Crippen molar-refractivity contribution in [2.24, 2.45) is 23.7 Å². The molecule has 3 aliphatic rings. The first-order chi connectivity index (χ1) is 27.8. The van der Waals surface area contributed by atoms with Gasteiger partial charge < -0.3 is 63.2 Å². The molecule has 4 N–H and O–H groups in total. The van der Waals surface area contributed by atoms with Gasteiger partial charge in [0.05, 0.1) is 73.1 Å². The summed E-state index contributed by atoms with van der Waals surface area (Å²) >= 11 is 0. The number of hydrogen-bond donors (Lipinski definition) is 4. The van der Waals surface area contributed by atoms with Crippen molar-refractivity contribution in [3.8, 4) is 0 Å². The summed E-state index contributed by atoms with van der Waals surface area (Å²) < 4.78 is 48.8. The second kappa shape index (κ2) is 21.4. The largest absolute Gasteiger partial charge is 0.466 e. The molecule has 17 nitrogen and oxygen atoms in total. The van der Waals surface area contributed by atoms with Crippen LogP contribution >= 0.6 is 0 Å². The van der Waals surface area contributed by atoms with Gasteiger partial charge in [0.2, 0.25) is 0 Å². The van der Waals surface area contributed by atoms with Crippen LogP contribution in [0.5, 0.6) is 0 Å². The zero-order valence-electron chi connectivity index (χ0n) is 38.2. The number of nitrogens with zero attached hydrogens (tertiary/aromatic N) is 1. The molecule has 18 atom stereocenters. The van der Waals surface area contributed by atoms with Crippen molar-refractivity contribution in [2.75, 3.05) is 27.8 Å². The van der Waals surface area contributed by atoms with Crippen LogP contribution in [-0.2, 0) is 57.1 Å². The molecule has 0 aromatic carbocycles. The highest BCUT2D eigenvalue weighted by Gasteiger charge is 2.54. The van der Waals surface area contributed by atoms with Crippen molar-refractivity contribution >= 4 is 23.7 Å². The molecule has 0 aliphatic carbocycles. The second-order valence-electron chi connectivity index (χ2n) is 18.2. The molecule has 3 saturated heterocycles. The average molecular weight is 862 g/mol. The monoisotopic (exact) mass is 862 g/mol. The lowest BCUT2D eigenvalue weighted by Crippen LogP contribution is -2.61. The van der Waals surface area contributed by atoms with Crippen LogP contribution in [0.15, 0.2) is 0 Å². The Hall–Kier alpha value is -2.32. The first kappa shape index (κ1) is 52.0. The SMILES string of the molecule is CCOC(=O)CCC(=O)O[C@@H]1[C@@H](O[C@@H]2[C@@H](C)[C@@H](O[C@H]3C[C@](C)(OC)[C@@H](O)[C@H](C)O3)[C@@H](C)C(=O)O[C@@H](CC)[C@](C)(O)[C@@H](O)[C@@H](C)C(=O)[C@@H](C)C[C@@]2(C)O)O[C@@H](C)C[C@H]1N(C)C. The van der Waals surface area contributed by atoms with Gasteiger partial charge in [-0.05, 0) is 81.8 Å². The van der Waals surface area contributed by atoms with Crippen molar-refractivity contribution in [3.63, 3.8) is 0 Å². The molecule has 0 radical (unpaired) electrons. The highest BCUT2D eigenvalue weighted by molar-refractivity contribution is 5.83. The standard InChI is InChI=1S/C43H75NO16/c1-15-29-43(11,52)36(48)24(5)33(47)22(3)20-41(9,51)38(25(6)34(26(7)39(50)57-29)59-32-21-42(10,53-14)37(49)27(8)56-32)60-40-35(28(44(12)13)19-23(4)55-40)58-31(46)18-17-30(45)54-16-2/h22-29,32,34-38,40,48-49,51-52H,15-21H2,1-14H3/t22-,23-,24-,25-,26+,27-,28+,29-,32-,34+,35-,36-,37-,38+,40+,41+,42-,43-/m0/s1. The third-order valence-electron chi connectivity index (χ3n) is 12.9. The molecule has 0 spiro atoms. The number of carbonyl (C=O) groups is 4. The Bertz CT molecular complexity index is 1440. The molecule has 17 heteroatoms. The fraction of sp³-hybridized carbons (Fsp3) is 0.907. The van der Waals surface area contributed by atoms with Crippen molar-refractivity contribution in [2.45, 2.75) is 199 Å². The Morgan fingerprint density at radius 2 is 1.47 bits per heavy atom. The van der Waals surface area contributed by atoms with Crippen molar-refractivity contribution in [3.05, 3.63) is 0 Å². The van der Waals surface area contributed by atoms with Gasteiger partial charge in [-0.2, -0.15) is 0 Å². The van der Waals surface area contributed by atoms with E-state index in [0.717, 1.165) is 0 Å². The minimum absolute atomic E-state index is 0.0431. The van der Waals surface area contributed by atoms with E-state index in [1.165, 1.54) is 27.9 Å². The van der Waals surface area contributed by atoms with E-state index in [-0.39, 0.29) is 38.7 Å². The predicted octanol–water partition coefficient (Wildman–Crippen LogP) is 2.68. The topological polar surface area (TPSA) is 226 Å². The van der Waals surface area contributed by atoms with E-state index < -0.39 is 132 Å². The lowest BCUT2D eigenvalue weighted by atomic mass is 9.74. The maximum atomic E-state index is 14.3. The summed E-state index contributed by atoms with van der Waals surface area (Å²) in [5, 5.41) is 46.8. The van der Waals surface area contributed by atoms with Gasteiger partial charge in [0.1, 0.15) is 23.6 Å². The molecule has 3 rings (SSSR count). The van der Waals surface area contributed by atoms with Crippen LogP contribution in [0.2, 0.25) is 0 Å². The van der Waals surface area contributed by atoms with Crippen molar-refractivity contribution in [1.82, 2.24) is 4.90 Å². The predicted molar refractivity (Wildman–Crippen MR) is 216 cm³/mol. The fourth-order valence-electron chi connectivity index (χ4n) is 9.17. The summed E-state index contributed by atoms with van der Waals surface area (Å²) in [5.74, 6) is -6.64. The number of esters is 3. The minimum atomic E-state index is -2.04. The number of rotatable bonds is 12. The maximum Gasteiger partial charge on any atom is 0.311 e. The smallest absolute Gasteiger partial charge is 0.311 e. The summed E-state index contributed by atoms with van der Waals surface area (Å²) in [5.41, 5.74) is -5.06. The molecule has 3 fully saturated rings. The quantitative estimate of drug-likeness (QED) is 0.163. The lowest BCUT2D eigenvalue weighted by molar-refractivity contribution is -0.319. The van der Waals surface area contributed by atoms with Crippen LogP contribution < -0.4 is 0 Å². The van der Waals surface area contributed by atoms with Gasteiger partial charge in [-0.1, -0.05) is 27.7 Å². The van der Waals surface area contributed by atoms with E-state index in [4.69, 9.17) is 37.9 Å². The van der Waals surface area contributed by atoms with Crippen LogP contribution in [0.1, 0.15) is 115 Å². The molecule has 0 saturated carbocycles. The molecule has 3 aliphatic heterocycles. The second-order valence-corrected chi connectivity index (χ2v) is 18.2. The molecule has 0 unspecified atom stereocenters. The number of hydrogen-bond acceptors (Lipinski definition) is 17. The van der Waals surface area contributed by atoms with Crippen LogP contribution in [-0.4, -0.2) is 161 Å². The molecule has 3 heterocycles. The Labute approximate surface area is 356 Å². The van der Waals surface area contributed by atoms with E-state index in [1.54, 1.807) is 48.5 Å². The number of ketones is 1. The summed E-state index contributed by atoms with van der Waals surface area (Å²) in [6.07, 6.45) is -11.1. The van der Waals surface area contributed by atoms with E-state index in [1.807, 2.05) is 25.9 Å². The van der Waals surface area contributed by atoms with Gasteiger partial charge in [-0.15, -0.1) is 0 Å². The summed E-state index contributed by atoms with van der Waals surface area (Å²) in [4.78, 5) is 55.6. The number of methoxy groups -OCH3 is 1. The van der Waals surface area contributed by atoms with E-state index >= 15 is 0 Å². The fourth-order valence-corrected chi connectivity index (χ4v) is 9.17. The number of carbonyl (C=O) groups excluding carboxylic acids is 4. The van der Waals surface area contributed by atoms with Gasteiger partial charge in [0, 0.05) is 31.3 Å². The van der Waals surface area contributed by atoms with Crippen LogP contribution in [0.25, 0.3) is 0 Å². The third-order valence-corrected chi connectivity index (χ3v) is 12.9. The number of ether oxygens (including phenoxy) is 8. The maximum absolute atomic E-state index is 14.3. The number of likely N-dealkylation sites (N-methyl/N-ethyl adjacent to an activating group) is 1. The summed E-state index contributed by atoms with van der Waals surface area (Å²) in [6.45, 7) is 17.9. The molecule has 0 aromatic rings. The average Bonchev–Trinajstić information content (AvgIpc) is 3.17. The zero-order valence-corrected chi connectivity index (χ0v) is 38.2. The van der Waals surface area contributed by atoms with Crippen LogP contribution in [0.4, 0.5) is 0 Å². The number of aliphatic hydroxyl groups is 4. The van der Waals surface area contributed by atoms with E-state index in [2.05, 4.69) is 0 Å². The van der Waals surface area contributed by atoms with Crippen LogP contribution in [0, 0.1) is 23.7 Å². The Kier molecular flexibility index (Phi) is 18.5. The Balaban J connectivity index is 2.22. The van der Waals surface area contributed by atoms with Crippen molar-refractivity contribution < 1.29 is 77.5 Å². The molecular weight excluding hydrogens is 786 g/mol. The highest BCUT2D eigenvalue weighted by Crippen LogP contribution is 2.41. The lowest BCUT2D eigenvalue weighted by Gasteiger charge is -2.49. The first-order valence-electron chi connectivity index (χ1n) is 21.5. The first-order valence-corrected chi connectivity index (χ1v) is 21.5. The molecule has 0 bridgehead atoms. The van der Waals surface area contributed by atoms with Gasteiger partial charge in [0.25, 0.3) is 0 Å². The van der Waals surface area contributed by atoms with Crippen molar-refractivity contribution in [1.29, 1.82) is 0 Å². The summed E-state index contributed by atoms with van der Waals surface area (Å²) in [7, 11) is 5.09. The minimum Gasteiger partial charge on any atom is -0.466 e. The molecule has 348 valence electrons. The highest BCUT2D eigenvalue weighted by atomic mass is 16.7. The summed E-state index contributed by atoms with van der Waals surface area (Å²) in [6, 6.07) is -0.443. The zero-order chi connectivity index (χ0) is 45.7. The van der Waals surface area contributed by atoms with Gasteiger partial charge >= 0.3 is 17.9 Å². The normalized spacial score (nSPS) is 43.8. The number of cyclic esters (lactones) is 1. The van der Waals surface area contributed by atoms with Gasteiger partial charge in [-0.3, -0.25) is 19.2 Å². The van der Waals surface area contributed by atoms with E-state index in [0.29, 0.717) is 6.42 Å². The molecule has 60 heavy (non-hydrogen) atoms. The Morgan fingerprint density at radius 1 is 0.850 bits per heavy atom. The molecule has 0 amide bonds. The molecule has 0 aromatic heterocycles. The van der Waals surface area contributed by atoms with Crippen LogP contribution in [0.3, 0.4) is 0 Å². The third kappa shape index (κ3) is 12.2. The molecular formula is C43H75NO16. The Morgan fingerprint density at radius 3 is 2.03 bits per heavy atom. The number of Topliss-reactive ketones (excluding diaryl/α,β-unsaturated/α-hetero) is 1. The van der Waals surface area contributed by atoms with Gasteiger partial charge in [-0.25, -0.2) is 0 Å². The van der Waals surface area contributed by atoms with Gasteiger partial charge in [0.15, 0.2) is 18.7 Å².